The monoisotopic (exact) mass is 489 g/mol. The highest BCUT2D eigenvalue weighted by Gasteiger charge is 2.35. The highest BCUT2D eigenvalue weighted by molar-refractivity contribution is 7.90. The van der Waals surface area contributed by atoms with Gasteiger partial charge in [0.25, 0.3) is 5.91 Å². The largest absolute Gasteiger partial charge is 0.326 e. The molecule has 1 N–H and O–H groups in total. The quantitative estimate of drug-likeness (QED) is 0.557. The van der Waals surface area contributed by atoms with Gasteiger partial charge in [0.2, 0.25) is 11.6 Å². The van der Waals surface area contributed by atoms with Gasteiger partial charge < -0.3 is 10.2 Å². The maximum absolute atomic E-state index is 13.2. The van der Waals surface area contributed by atoms with E-state index in [9.17, 15) is 18.0 Å². The number of pyridine rings is 1. The van der Waals surface area contributed by atoms with E-state index >= 15 is 0 Å². The number of carbonyl (C=O) groups is 2. The Morgan fingerprint density at radius 2 is 1.66 bits per heavy atom. The molecule has 3 heterocycles. The third-order valence-corrected chi connectivity index (χ3v) is 8.00. The zero-order chi connectivity index (χ0) is 24.6. The molecule has 5 rings (SSSR count). The van der Waals surface area contributed by atoms with E-state index in [4.69, 9.17) is 0 Å². The molecule has 2 aliphatic rings. The fourth-order valence-electron chi connectivity index (χ4n) is 4.72. The number of hydrogen-bond donors (Lipinski definition) is 1. The molecule has 1 fully saturated rings. The average molecular weight is 490 g/mol. The molecule has 0 radical (unpaired) electrons. The maximum atomic E-state index is 13.2. The van der Waals surface area contributed by atoms with Crippen molar-refractivity contribution in [2.45, 2.75) is 17.6 Å². The summed E-state index contributed by atoms with van der Waals surface area (Å²) >= 11 is 0. The van der Waals surface area contributed by atoms with E-state index in [1.807, 2.05) is 36.4 Å². The highest BCUT2D eigenvalue weighted by atomic mass is 32.2. The van der Waals surface area contributed by atoms with Crippen LogP contribution in [0, 0.1) is 0 Å². The molecule has 0 atom stereocenters. The number of nitrogens with zero attached hydrogens (tertiary/aromatic N) is 3. The van der Waals surface area contributed by atoms with E-state index in [0.29, 0.717) is 47.9 Å². The van der Waals surface area contributed by atoms with Gasteiger partial charge in [0.15, 0.2) is 22.9 Å². The minimum absolute atomic E-state index is 0.0419. The normalized spacial score (nSPS) is 16.7. The minimum atomic E-state index is -3.49. The van der Waals surface area contributed by atoms with Crippen molar-refractivity contribution >= 4 is 33.1 Å². The standard InChI is InChI=1S/C26H24N4O4S/c1-18(31)28-21-14-20(15-27-16-21)26(32)30-12-10-29(11-13-30)25-22-7-3-2-6-19(22)17-35(33,34)24-9-5-4-8-23(24)25/h2-9,14-16H,10-13,17H2,1H3/p+1. The lowest BCUT2D eigenvalue weighted by Crippen LogP contribution is -2.47. The van der Waals surface area contributed by atoms with Crippen molar-refractivity contribution in [3.63, 3.8) is 0 Å². The molecule has 2 amide bonds. The second kappa shape index (κ2) is 9.07. The molecular formula is C26H25N4O4S+. The molecule has 0 aliphatic carbocycles. The summed E-state index contributed by atoms with van der Waals surface area (Å²) in [5, 5.41) is 2.65. The lowest BCUT2D eigenvalue weighted by Gasteiger charge is -2.27. The predicted molar refractivity (Wildman–Crippen MR) is 131 cm³/mol. The first-order chi connectivity index (χ1) is 16.8. The van der Waals surface area contributed by atoms with Gasteiger partial charge in [0.05, 0.1) is 52.3 Å². The highest BCUT2D eigenvalue weighted by Crippen LogP contribution is 2.30. The van der Waals surface area contributed by atoms with Crippen molar-refractivity contribution in [2.75, 3.05) is 31.5 Å². The molecule has 8 nitrogen and oxygen atoms in total. The number of benzene rings is 2. The molecule has 178 valence electrons. The zero-order valence-electron chi connectivity index (χ0n) is 19.3. The Labute approximate surface area is 203 Å². The Morgan fingerprint density at radius 3 is 2.40 bits per heavy atom. The maximum Gasteiger partial charge on any atom is 0.255 e. The molecule has 1 saturated heterocycles. The number of hydrogen-bond acceptors (Lipinski definition) is 5. The van der Waals surface area contributed by atoms with E-state index in [2.05, 4.69) is 14.9 Å². The van der Waals surface area contributed by atoms with E-state index in [1.165, 1.54) is 19.3 Å². The van der Waals surface area contributed by atoms with Crippen LogP contribution >= 0.6 is 0 Å². The molecule has 0 spiro atoms. The van der Waals surface area contributed by atoms with Crippen LogP contribution in [0.15, 0.2) is 71.9 Å². The van der Waals surface area contributed by atoms with Crippen LogP contribution in [0.5, 0.6) is 0 Å². The summed E-state index contributed by atoms with van der Waals surface area (Å²) in [6, 6.07) is 16.4. The lowest BCUT2D eigenvalue weighted by molar-refractivity contribution is -0.537. The molecule has 35 heavy (non-hydrogen) atoms. The fraction of sp³-hybridized carbons (Fsp3) is 0.231. The lowest BCUT2D eigenvalue weighted by atomic mass is 9.97. The predicted octanol–water partition coefficient (Wildman–Crippen LogP) is 2.33. The van der Waals surface area contributed by atoms with Gasteiger partial charge in [-0.2, -0.15) is 0 Å². The van der Waals surface area contributed by atoms with Crippen molar-refractivity contribution in [3.8, 4) is 0 Å². The molecule has 9 heteroatoms. The molecule has 3 aromatic rings. The van der Waals surface area contributed by atoms with Crippen molar-refractivity contribution in [3.05, 3.63) is 89.2 Å². The zero-order valence-corrected chi connectivity index (χ0v) is 20.1. The van der Waals surface area contributed by atoms with Gasteiger partial charge in [0, 0.05) is 13.1 Å². The second-order valence-corrected chi connectivity index (χ2v) is 10.6. The number of carbonyl (C=O) groups excluding carboxylic acids is 2. The van der Waals surface area contributed by atoms with Crippen LogP contribution in [0.1, 0.15) is 34.0 Å². The second-order valence-electron chi connectivity index (χ2n) is 8.68. The Balaban J connectivity index is 1.48. The third-order valence-electron chi connectivity index (χ3n) is 6.28. The number of fused-ring (bicyclic) bond motifs is 2. The van der Waals surface area contributed by atoms with Gasteiger partial charge in [-0.05, 0) is 29.8 Å². The summed E-state index contributed by atoms with van der Waals surface area (Å²) in [6.45, 7) is 3.47. The number of aromatic nitrogens is 1. The Morgan fingerprint density at radius 1 is 0.971 bits per heavy atom. The minimum Gasteiger partial charge on any atom is -0.326 e. The number of sulfone groups is 1. The summed E-state index contributed by atoms with van der Waals surface area (Å²) in [5.74, 6) is -0.425. The summed E-state index contributed by atoms with van der Waals surface area (Å²) < 4.78 is 28.5. The fourth-order valence-corrected chi connectivity index (χ4v) is 6.33. The Bertz CT molecular complexity index is 1470. The van der Waals surface area contributed by atoms with E-state index in [0.717, 1.165) is 16.8 Å². The van der Waals surface area contributed by atoms with Crippen LogP contribution < -0.4 is 5.32 Å². The van der Waals surface area contributed by atoms with Crippen LogP contribution in [0.4, 0.5) is 5.69 Å². The van der Waals surface area contributed by atoms with Gasteiger partial charge in [-0.15, -0.1) is 0 Å². The summed E-state index contributed by atoms with van der Waals surface area (Å²) in [4.78, 5) is 30.7. The smallest absolute Gasteiger partial charge is 0.255 e. The molecule has 0 unspecified atom stereocenters. The summed E-state index contributed by atoms with van der Waals surface area (Å²) in [7, 11) is -3.49. The van der Waals surface area contributed by atoms with Gasteiger partial charge in [-0.1, -0.05) is 30.3 Å². The first kappa shape index (κ1) is 22.9. The van der Waals surface area contributed by atoms with Crippen molar-refractivity contribution in [1.82, 2.24) is 9.88 Å². The third kappa shape index (κ3) is 4.46. The average Bonchev–Trinajstić information content (AvgIpc) is 2.95. The van der Waals surface area contributed by atoms with Crippen molar-refractivity contribution < 1.29 is 22.6 Å². The number of piperazine rings is 1. The van der Waals surface area contributed by atoms with E-state index in [-0.39, 0.29) is 17.6 Å². The molecule has 0 saturated carbocycles. The van der Waals surface area contributed by atoms with Crippen LogP contribution in [-0.4, -0.2) is 66.6 Å². The van der Waals surface area contributed by atoms with Gasteiger partial charge in [-0.3, -0.25) is 14.6 Å². The van der Waals surface area contributed by atoms with Crippen molar-refractivity contribution in [2.24, 2.45) is 0 Å². The van der Waals surface area contributed by atoms with Crippen LogP contribution in [0.3, 0.4) is 0 Å². The first-order valence-electron chi connectivity index (χ1n) is 11.4. The summed E-state index contributed by atoms with van der Waals surface area (Å²) in [6.07, 6.45) is 3.00. The van der Waals surface area contributed by atoms with Crippen LogP contribution in [0.2, 0.25) is 0 Å². The summed E-state index contributed by atoms with van der Waals surface area (Å²) in [5.41, 5.74) is 4.16. The van der Waals surface area contributed by atoms with Gasteiger partial charge in [0.1, 0.15) is 0 Å². The van der Waals surface area contributed by atoms with Gasteiger partial charge >= 0.3 is 0 Å². The number of nitrogens with one attached hydrogen (secondary N) is 1. The van der Waals surface area contributed by atoms with Gasteiger partial charge in [-0.25, -0.2) is 13.0 Å². The molecule has 2 aliphatic heterocycles. The molecular weight excluding hydrogens is 464 g/mol. The number of rotatable bonds is 2. The SMILES string of the molecule is CC(=O)Nc1cncc(C(=O)N2CC[N+](=C3c4ccccc4CS(=O)(=O)c4ccccc43)CC2)c1. The first-order valence-corrected chi connectivity index (χ1v) is 13.0. The Kier molecular flexibility index (Phi) is 5.94. The van der Waals surface area contributed by atoms with E-state index in [1.54, 1.807) is 23.1 Å². The topological polar surface area (TPSA) is 99.4 Å². The van der Waals surface area contributed by atoms with Crippen LogP contribution in [-0.2, 0) is 20.4 Å². The number of anilines is 1. The van der Waals surface area contributed by atoms with Crippen LogP contribution in [0.25, 0.3) is 0 Å². The molecule has 2 aromatic carbocycles. The number of amides is 2. The Hall–Kier alpha value is -3.85. The van der Waals surface area contributed by atoms with Crippen molar-refractivity contribution in [1.29, 1.82) is 0 Å². The molecule has 1 aromatic heterocycles. The molecule has 0 bridgehead atoms. The van der Waals surface area contributed by atoms with E-state index < -0.39 is 9.84 Å².